The Morgan fingerprint density at radius 1 is 0.870 bits per heavy atom. The summed E-state index contributed by atoms with van der Waals surface area (Å²) in [5.41, 5.74) is 5.75. The lowest BCUT2D eigenvalue weighted by Crippen LogP contribution is -1.95. The van der Waals surface area contributed by atoms with Gasteiger partial charge in [-0.25, -0.2) is 4.98 Å². The minimum atomic E-state index is 0.601. The fourth-order valence-electron chi connectivity index (χ4n) is 2.43. The summed E-state index contributed by atoms with van der Waals surface area (Å²) in [5, 5.41) is 3.10. The summed E-state index contributed by atoms with van der Waals surface area (Å²) in [6.07, 6.45) is 1.78. The van der Waals surface area contributed by atoms with Crippen LogP contribution >= 0.6 is 0 Å². The van der Waals surface area contributed by atoms with Crippen LogP contribution in [-0.2, 0) is 0 Å². The van der Waals surface area contributed by atoms with E-state index in [1.54, 1.807) is 6.20 Å². The highest BCUT2D eigenvalue weighted by molar-refractivity contribution is 5.64. The van der Waals surface area contributed by atoms with Crippen molar-refractivity contribution in [2.75, 3.05) is 12.4 Å². The van der Waals surface area contributed by atoms with Gasteiger partial charge in [-0.05, 0) is 42.7 Å². The summed E-state index contributed by atoms with van der Waals surface area (Å²) in [6, 6.07) is 18.5. The molecule has 0 fully saturated rings. The Labute approximate surface area is 137 Å². The second-order valence-corrected chi connectivity index (χ2v) is 5.58. The predicted molar refractivity (Wildman–Crippen MR) is 95.2 cm³/mol. The van der Waals surface area contributed by atoms with Gasteiger partial charge < -0.3 is 10.1 Å². The molecule has 0 aliphatic heterocycles. The van der Waals surface area contributed by atoms with Crippen molar-refractivity contribution in [2.45, 2.75) is 13.8 Å². The van der Waals surface area contributed by atoms with Gasteiger partial charge in [-0.3, -0.25) is 0 Å². The van der Waals surface area contributed by atoms with Crippen molar-refractivity contribution in [3.63, 3.8) is 0 Å². The molecule has 0 amide bonds. The molecule has 0 radical (unpaired) electrons. The van der Waals surface area contributed by atoms with Crippen LogP contribution in [0, 0.1) is 13.8 Å². The number of aromatic nitrogens is 1. The van der Waals surface area contributed by atoms with Gasteiger partial charge in [0.25, 0.3) is 0 Å². The van der Waals surface area contributed by atoms with Crippen molar-refractivity contribution in [3.8, 4) is 22.8 Å². The van der Waals surface area contributed by atoms with Crippen LogP contribution in [0.5, 0.6) is 11.6 Å². The monoisotopic (exact) mass is 304 g/mol. The lowest BCUT2D eigenvalue weighted by molar-refractivity contribution is 0.463. The lowest BCUT2D eigenvalue weighted by atomic mass is 10.0. The third-order valence-electron chi connectivity index (χ3n) is 3.82. The maximum absolute atomic E-state index is 5.83. The molecule has 0 saturated heterocycles. The van der Waals surface area contributed by atoms with E-state index in [1.165, 1.54) is 16.7 Å². The molecule has 116 valence electrons. The van der Waals surface area contributed by atoms with Gasteiger partial charge in [-0.1, -0.05) is 42.0 Å². The van der Waals surface area contributed by atoms with E-state index in [1.807, 2.05) is 32.2 Å². The molecule has 1 N–H and O–H groups in total. The van der Waals surface area contributed by atoms with Crippen LogP contribution in [0.3, 0.4) is 0 Å². The third kappa shape index (κ3) is 3.51. The molecule has 0 aliphatic carbocycles. The van der Waals surface area contributed by atoms with Crippen molar-refractivity contribution in [3.05, 3.63) is 71.9 Å². The number of hydrogen-bond donors (Lipinski definition) is 1. The topological polar surface area (TPSA) is 34.2 Å². The summed E-state index contributed by atoms with van der Waals surface area (Å²) in [5.74, 6) is 1.38. The van der Waals surface area contributed by atoms with Gasteiger partial charge in [0.1, 0.15) is 5.75 Å². The number of benzene rings is 2. The lowest BCUT2D eigenvalue weighted by Gasteiger charge is -2.09. The van der Waals surface area contributed by atoms with E-state index in [9.17, 15) is 0 Å². The maximum atomic E-state index is 5.83. The van der Waals surface area contributed by atoms with E-state index in [0.29, 0.717) is 5.88 Å². The minimum absolute atomic E-state index is 0.601. The third-order valence-corrected chi connectivity index (χ3v) is 3.82. The molecule has 3 aromatic rings. The predicted octanol–water partition coefficient (Wildman–Crippen LogP) is 5.20. The Morgan fingerprint density at radius 2 is 1.48 bits per heavy atom. The summed E-state index contributed by atoms with van der Waals surface area (Å²) in [7, 11) is 1.88. The molecule has 3 rings (SSSR count). The average Bonchev–Trinajstić information content (AvgIpc) is 2.57. The number of ether oxygens (including phenoxy) is 1. The Hall–Kier alpha value is -2.81. The summed E-state index contributed by atoms with van der Waals surface area (Å²) in [6.45, 7) is 4.12. The number of aryl methyl sites for hydroxylation is 2. The van der Waals surface area contributed by atoms with Crippen molar-refractivity contribution in [1.29, 1.82) is 0 Å². The van der Waals surface area contributed by atoms with Crippen molar-refractivity contribution >= 4 is 5.69 Å². The van der Waals surface area contributed by atoms with Crippen LogP contribution in [-0.4, -0.2) is 12.0 Å². The number of anilines is 1. The van der Waals surface area contributed by atoms with Crippen LogP contribution in [0.4, 0.5) is 5.69 Å². The van der Waals surface area contributed by atoms with Crippen molar-refractivity contribution < 1.29 is 4.74 Å². The van der Waals surface area contributed by atoms with Crippen LogP contribution in [0.15, 0.2) is 60.8 Å². The number of hydrogen-bond acceptors (Lipinski definition) is 3. The van der Waals surface area contributed by atoms with Crippen molar-refractivity contribution in [1.82, 2.24) is 4.98 Å². The molecule has 0 atom stereocenters. The standard InChI is InChI=1S/C20H20N2O/c1-14-4-6-16(7-5-14)17-8-10-18(11-9-17)23-20-12-15(2)19(21-3)13-22-20/h4-13,21H,1-3H3. The van der Waals surface area contributed by atoms with Gasteiger partial charge >= 0.3 is 0 Å². The minimum Gasteiger partial charge on any atom is -0.439 e. The molecule has 0 unspecified atom stereocenters. The first kappa shape index (κ1) is 15.1. The van der Waals surface area contributed by atoms with E-state index in [2.05, 4.69) is 53.6 Å². The Kier molecular flexibility index (Phi) is 4.29. The zero-order valence-electron chi connectivity index (χ0n) is 13.6. The Balaban J connectivity index is 1.77. The Morgan fingerprint density at radius 3 is 2.04 bits per heavy atom. The second-order valence-electron chi connectivity index (χ2n) is 5.58. The molecule has 3 nitrogen and oxygen atoms in total. The highest BCUT2D eigenvalue weighted by Gasteiger charge is 2.03. The zero-order valence-corrected chi connectivity index (χ0v) is 13.6. The Bertz CT molecular complexity index is 793. The molecule has 1 aromatic heterocycles. The van der Waals surface area contributed by atoms with Gasteiger partial charge in [0, 0.05) is 13.1 Å². The average molecular weight is 304 g/mol. The van der Waals surface area contributed by atoms with Crippen LogP contribution < -0.4 is 10.1 Å². The van der Waals surface area contributed by atoms with Gasteiger partial charge in [0.15, 0.2) is 0 Å². The maximum Gasteiger partial charge on any atom is 0.219 e. The summed E-state index contributed by atoms with van der Waals surface area (Å²) >= 11 is 0. The normalized spacial score (nSPS) is 10.4. The van der Waals surface area contributed by atoms with Crippen molar-refractivity contribution in [2.24, 2.45) is 0 Å². The van der Waals surface area contributed by atoms with Crippen LogP contribution in [0.2, 0.25) is 0 Å². The molecular weight excluding hydrogens is 284 g/mol. The molecule has 0 bridgehead atoms. The molecule has 0 saturated carbocycles. The number of nitrogens with one attached hydrogen (secondary N) is 1. The first-order valence-corrected chi connectivity index (χ1v) is 7.65. The highest BCUT2D eigenvalue weighted by Crippen LogP contribution is 2.26. The highest BCUT2D eigenvalue weighted by atomic mass is 16.5. The number of pyridine rings is 1. The number of nitrogens with zero attached hydrogens (tertiary/aromatic N) is 1. The molecule has 0 aliphatic rings. The van der Waals surface area contributed by atoms with E-state index < -0.39 is 0 Å². The summed E-state index contributed by atoms with van der Waals surface area (Å²) in [4.78, 5) is 4.31. The molecule has 0 spiro atoms. The van der Waals surface area contributed by atoms with Gasteiger partial charge in [0.05, 0.1) is 11.9 Å². The van der Waals surface area contributed by atoms with E-state index in [4.69, 9.17) is 4.74 Å². The molecule has 2 aromatic carbocycles. The van der Waals surface area contributed by atoms with Gasteiger partial charge in [-0.15, -0.1) is 0 Å². The van der Waals surface area contributed by atoms with E-state index >= 15 is 0 Å². The van der Waals surface area contributed by atoms with Crippen LogP contribution in [0.25, 0.3) is 11.1 Å². The fourth-order valence-corrected chi connectivity index (χ4v) is 2.43. The molecule has 23 heavy (non-hydrogen) atoms. The molecule has 1 heterocycles. The first-order chi connectivity index (χ1) is 11.2. The fraction of sp³-hybridized carbons (Fsp3) is 0.150. The zero-order chi connectivity index (χ0) is 16.2. The summed E-state index contributed by atoms with van der Waals surface area (Å²) < 4.78 is 5.83. The second kappa shape index (κ2) is 6.53. The van der Waals surface area contributed by atoms with Gasteiger partial charge in [-0.2, -0.15) is 0 Å². The molecule has 3 heteroatoms. The van der Waals surface area contributed by atoms with Crippen LogP contribution in [0.1, 0.15) is 11.1 Å². The van der Waals surface area contributed by atoms with Gasteiger partial charge in [0.2, 0.25) is 5.88 Å². The quantitative estimate of drug-likeness (QED) is 0.719. The molecular formula is C20H20N2O. The number of rotatable bonds is 4. The SMILES string of the molecule is CNc1cnc(Oc2ccc(-c3ccc(C)cc3)cc2)cc1C. The first-order valence-electron chi connectivity index (χ1n) is 7.65. The van der Waals surface area contributed by atoms with E-state index in [-0.39, 0.29) is 0 Å². The smallest absolute Gasteiger partial charge is 0.219 e. The largest absolute Gasteiger partial charge is 0.439 e. The van der Waals surface area contributed by atoms with E-state index in [0.717, 1.165) is 17.0 Å².